The van der Waals surface area contributed by atoms with E-state index in [2.05, 4.69) is 19.9 Å². The van der Waals surface area contributed by atoms with Crippen LogP contribution in [-0.2, 0) is 6.18 Å². The number of nitrogens with two attached hydrogens (primary N) is 2. The molecular weight excluding hydrogens is 305 g/mol. The molecule has 4 N–H and O–H groups in total. The van der Waals surface area contributed by atoms with Crippen LogP contribution in [0.4, 0.5) is 24.1 Å². The summed E-state index contributed by atoms with van der Waals surface area (Å²) >= 11 is 1.12. The highest BCUT2D eigenvalue weighted by atomic mass is 32.1. The Kier molecular flexibility index (Phi) is 2.90. The van der Waals surface area contributed by atoms with E-state index in [1.807, 2.05) is 0 Å². The molecule has 0 unspecified atom stereocenters. The second-order valence-corrected chi connectivity index (χ2v) is 5.08. The van der Waals surface area contributed by atoms with Crippen LogP contribution in [0.5, 0.6) is 0 Å². The van der Waals surface area contributed by atoms with E-state index in [-0.39, 0.29) is 16.8 Å². The number of halogens is 3. The molecule has 0 saturated carbocycles. The average molecular weight is 312 g/mol. The minimum atomic E-state index is -4.49. The number of hydrogen-bond acceptors (Lipinski definition) is 7. The molecule has 0 aliphatic rings. The Labute approximate surface area is 119 Å². The first-order valence-electron chi connectivity index (χ1n) is 5.58. The molecule has 0 amide bonds. The van der Waals surface area contributed by atoms with Crippen molar-refractivity contribution in [2.24, 2.45) is 0 Å². The maximum Gasteiger partial charge on any atom is 0.433 e. The van der Waals surface area contributed by atoms with Crippen molar-refractivity contribution in [3.63, 3.8) is 0 Å². The maximum absolute atomic E-state index is 12.5. The second kappa shape index (κ2) is 4.52. The van der Waals surface area contributed by atoms with Crippen molar-refractivity contribution in [2.45, 2.75) is 6.18 Å². The third-order valence-corrected chi connectivity index (χ3v) is 3.39. The zero-order chi connectivity index (χ0) is 15.2. The van der Waals surface area contributed by atoms with Crippen molar-refractivity contribution >= 4 is 32.6 Å². The van der Waals surface area contributed by atoms with E-state index < -0.39 is 11.9 Å². The van der Waals surface area contributed by atoms with E-state index in [0.29, 0.717) is 15.9 Å². The lowest BCUT2D eigenvalue weighted by atomic mass is 10.2. The Balaban J connectivity index is 2.08. The molecule has 0 atom stereocenters. The number of aromatic nitrogens is 4. The highest BCUT2D eigenvalue weighted by Gasteiger charge is 2.32. The van der Waals surface area contributed by atoms with Gasteiger partial charge in [0, 0.05) is 11.8 Å². The van der Waals surface area contributed by atoms with Crippen molar-refractivity contribution in [1.82, 2.24) is 19.9 Å². The van der Waals surface area contributed by atoms with Crippen LogP contribution in [0.25, 0.3) is 21.7 Å². The molecule has 10 heteroatoms. The first-order valence-corrected chi connectivity index (χ1v) is 6.39. The Hall–Kier alpha value is -2.49. The van der Waals surface area contributed by atoms with Gasteiger partial charge in [-0.05, 0) is 12.1 Å². The first-order chi connectivity index (χ1) is 9.84. The summed E-state index contributed by atoms with van der Waals surface area (Å²) in [5.41, 5.74) is 11.0. The molecule has 108 valence electrons. The molecule has 0 aliphatic carbocycles. The lowest BCUT2D eigenvalue weighted by Crippen LogP contribution is -2.07. The molecule has 0 fully saturated rings. The van der Waals surface area contributed by atoms with Crippen molar-refractivity contribution in [2.75, 3.05) is 11.5 Å². The topological polar surface area (TPSA) is 104 Å². The lowest BCUT2D eigenvalue weighted by Gasteiger charge is -2.06. The summed E-state index contributed by atoms with van der Waals surface area (Å²) in [6.07, 6.45) is -3.44. The predicted octanol–water partition coefficient (Wildman–Crippen LogP) is 2.33. The van der Waals surface area contributed by atoms with Gasteiger partial charge in [-0.1, -0.05) is 11.3 Å². The molecule has 0 radical (unpaired) electrons. The van der Waals surface area contributed by atoms with Gasteiger partial charge in [0.25, 0.3) is 0 Å². The summed E-state index contributed by atoms with van der Waals surface area (Å²) in [5.74, 6) is 0.285. The van der Waals surface area contributed by atoms with Crippen LogP contribution in [0.3, 0.4) is 0 Å². The fraction of sp³-hybridized carbons (Fsp3) is 0.0909. The van der Waals surface area contributed by atoms with E-state index in [9.17, 15) is 13.2 Å². The summed E-state index contributed by atoms with van der Waals surface area (Å²) in [7, 11) is 0. The van der Waals surface area contributed by atoms with E-state index in [4.69, 9.17) is 11.5 Å². The van der Waals surface area contributed by atoms with Gasteiger partial charge in [0.05, 0.1) is 0 Å². The standard InChI is InChI=1S/C11H7F3N6S/c12-11(13,14)5-2-1-4(3-17-5)8-19-7(15)6-9(20-8)21-10(16)18-6/h1-3H,(H2,16,18)(H2,15,19,20). The van der Waals surface area contributed by atoms with Gasteiger partial charge in [-0.25, -0.2) is 15.0 Å². The highest BCUT2D eigenvalue weighted by Crippen LogP contribution is 2.30. The van der Waals surface area contributed by atoms with Crippen LogP contribution in [0.15, 0.2) is 18.3 Å². The Morgan fingerprint density at radius 2 is 1.81 bits per heavy atom. The third-order valence-electron chi connectivity index (χ3n) is 2.61. The molecular formula is C11H7F3N6S. The molecule has 0 aromatic carbocycles. The van der Waals surface area contributed by atoms with Gasteiger partial charge in [-0.15, -0.1) is 0 Å². The molecule has 3 aromatic heterocycles. The fourth-order valence-corrected chi connectivity index (χ4v) is 2.40. The minimum absolute atomic E-state index is 0.114. The number of nitrogen functional groups attached to an aromatic ring is 2. The predicted molar refractivity (Wildman–Crippen MR) is 72.3 cm³/mol. The molecule has 0 bridgehead atoms. The third kappa shape index (κ3) is 2.44. The number of nitrogens with zero attached hydrogens (tertiary/aromatic N) is 4. The van der Waals surface area contributed by atoms with Crippen LogP contribution >= 0.6 is 11.3 Å². The monoisotopic (exact) mass is 312 g/mol. The van der Waals surface area contributed by atoms with Gasteiger partial charge >= 0.3 is 6.18 Å². The van der Waals surface area contributed by atoms with E-state index >= 15 is 0 Å². The molecule has 21 heavy (non-hydrogen) atoms. The van der Waals surface area contributed by atoms with Gasteiger partial charge in [0.1, 0.15) is 11.2 Å². The average Bonchev–Trinajstić information content (AvgIpc) is 2.79. The van der Waals surface area contributed by atoms with Gasteiger partial charge in [-0.3, -0.25) is 4.98 Å². The van der Waals surface area contributed by atoms with Gasteiger partial charge in [-0.2, -0.15) is 13.2 Å². The van der Waals surface area contributed by atoms with E-state index in [1.54, 1.807) is 0 Å². The number of alkyl halides is 3. The normalized spacial score (nSPS) is 12.0. The summed E-state index contributed by atoms with van der Waals surface area (Å²) in [6.45, 7) is 0. The van der Waals surface area contributed by atoms with E-state index in [1.165, 1.54) is 6.07 Å². The van der Waals surface area contributed by atoms with Gasteiger partial charge in [0.2, 0.25) is 0 Å². The summed E-state index contributed by atoms with van der Waals surface area (Å²) in [4.78, 5) is 16.0. The van der Waals surface area contributed by atoms with Crippen LogP contribution in [-0.4, -0.2) is 19.9 Å². The Bertz CT molecular complexity index is 811. The largest absolute Gasteiger partial charge is 0.433 e. The SMILES string of the molecule is Nc1nc2c(N)nc(-c3ccc(C(F)(F)F)nc3)nc2s1. The summed E-state index contributed by atoms with van der Waals surface area (Å²) in [5, 5.41) is 0.286. The summed E-state index contributed by atoms with van der Waals surface area (Å²) < 4.78 is 37.4. The van der Waals surface area contributed by atoms with Crippen molar-refractivity contribution < 1.29 is 13.2 Å². The van der Waals surface area contributed by atoms with E-state index in [0.717, 1.165) is 23.6 Å². The maximum atomic E-state index is 12.5. The van der Waals surface area contributed by atoms with Crippen LogP contribution in [0.2, 0.25) is 0 Å². The fourth-order valence-electron chi connectivity index (χ4n) is 1.68. The summed E-state index contributed by atoms with van der Waals surface area (Å²) in [6, 6.07) is 2.10. The first kappa shape index (κ1) is 13.5. The van der Waals surface area contributed by atoms with Crippen molar-refractivity contribution in [1.29, 1.82) is 0 Å². The number of anilines is 2. The molecule has 0 spiro atoms. The minimum Gasteiger partial charge on any atom is -0.382 e. The molecule has 6 nitrogen and oxygen atoms in total. The number of hydrogen-bond donors (Lipinski definition) is 2. The molecule has 3 heterocycles. The zero-order valence-corrected chi connectivity index (χ0v) is 11.0. The molecule has 3 aromatic rings. The highest BCUT2D eigenvalue weighted by molar-refractivity contribution is 7.21. The smallest absolute Gasteiger partial charge is 0.382 e. The number of thiazole rings is 1. The quantitative estimate of drug-likeness (QED) is 0.714. The van der Waals surface area contributed by atoms with Crippen LogP contribution in [0, 0.1) is 0 Å². The van der Waals surface area contributed by atoms with Crippen LogP contribution in [0.1, 0.15) is 5.69 Å². The molecule has 3 rings (SSSR count). The second-order valence-electron chi connectivity index (χ2n) is 4.07. The zero-order valence-electron chi connectivity index (χ0n) is 10.2. The van der Waals surface area contributed by atoms with Crippen molar-refractivity contribution in [3.05, 3.63) is 24.0 Å². The van der Waals surface area contributed by atoms with Gasteiger partial charge < -0.3 is 11.5 Å². The Morgan fingerprint density at radius 1 is 1.05 bits per heavy atom. The Morgan fingerprint density at radius 3 is 2.43 bits per heavy atom. The van der Waals surface area contributed by atoms with Gasteiger partial charge in [0.15, 0.2) is 21.6 Å². The number of rotatable bonds is 1. The number of fused-ring (bicyclic) bond motifs is 1. The molecule has 0 aliphatic heterocycles. The number of pyridine rings is 1. The molecule has 0 saturated heterocycles. The lowest BCUT2D eigenvalue weighted by molar-refractivity contribution is -0.141. The van der Waals surface area contributed by atoms with Crippen LogP contribution < -0.4 is 11.5 Å². The van der Waals surface area contributed by atoms with Crippen molar-refractivity contribution in [3.8, 4) is 11.4 Å².